The maximum Gasteiger partial charge on any atom is 0.123 e. The fraction of sp³-hybridized carbons (Fsp3) is 0.400. The Morgan fingerprint density at radius 1 is 1.58 bits per heavy atom. The molecular weight excluding hydrogens is 152 g/mol. The van der Waals surface area contributed by atoms with Crippen molar-refractivity contribution in [3.8, 4) is 5.75 Å². The van der Waals surface area contributed by atoms with Gasteiger partial charge in [0.2, 0.25) is 0 Å². The van der Waals surface area contributed by atoms with Crippen LogP contribution >= 0.6 is 0 Å². The fourth-order valence-electron chi connectivity index (χ4n) is 1.57. The summed E-state index contributed by atoms with van der Waals surface area (Å²) in [6, 6.07) is 5.85. The molecule has 0 saturated carbocycles. The molecule has 1 aliphatic rings. The first-order valence-corrected chi connectivity index (χ1v) is 4.19. The molecule has 0 fully saturated rings. The number of aliphatic hydroxyl groups is 1. The monoisotopic (exact) mass is 164 g/mol. The lowest BCUT2D eigenvalue weighted by molar-refractivity contribution is 0.254. The van der Waals surface area contributed by atoms with Gasteiger partial charge in [0.1, 0.15) is 11.9 Å². The van der Waals surface area contributed by atoms with Crippen LogP contribution in [-0.4, -0.2) is 11.2 Å². The molecule has 12 heavy (non-hydrogen) atoms. The number of benzene rings is 1. The zero-order valence-corrected chi connectivity index (χ0v) is 7.08. The van der Waals surface area contributed by atoms with E-state index in [-0.39, 0.29) is 12.7 Å². The van der Waals surface area contributed by atoms with Crippen LogP contribution in [0.2, 0.25) is 0 Å². The number of hydrogen-bond acceptors (Lipinski definition) is 2. The zero-order valence-electron chi connectivity index (χ0n) is 7.08. The van der Waals surface area contributed by atoms with Crippen molar-refractivity contribution in [2.45, 2.75) is 26.1 Å². The van der Waals surface area contributed by atoms with Gasteiger partial charge >= 0.3 is 0 Å². The van der Waals surface area contributed by atoms with Gasteiger partial charge in [0.25, 0.3) is 0 Å². The molecule has 0 aliphatic carbocycles. The first-order chi connectivity index (χ1) is 5.79. The van der Waals surface area contributed by atoms with Gasteiger partial charge in [-0.15, -0.1) is 0 Å². The molecule has 1 aromatic rings. The van der Waals surface area contributed by atoms with Gasteiger partial charge in [0.05, 0.1) is 6.61 Å². The van der Waals surface area contributed by atoms with E-state index in [1.54, 1.807) is 0 Å². The highest BCUT2D eigenvalue weighted by atomic mass is 16.5. The molecule has 0 saturated heterocycles. The van der Waals surface area contributed by atoms with E-state index in [0.29, 0.717) is 0 Å². The van der Waals surface area contributed by atoms with Gasteiger partial charge in [-0.05, 0) is 30.2 Å². The van der Waals surface area contributed by atoms with Gasteiger partial charge in [-0.25, -0.2) is 0 Å². The van der Waals surface area contributed by atoms with E-state index < -0.39 is 0 Å². The maximum absolute atomic E-state index is 8.89. The quantitative estimate of drug-likeness (QED) is 0.681. The third kappa shape index (κ3) is 1.18. The summed E-state index contributed by atoms with van der Waals surface area (Å²) >= 11 is 0. The van der Waals surface area contributed by atoms with Crippen LogP contribution in [0.5, 0.6) is 5.75 Å². The summed E-state index contributed by atoms with van der Waals surface area (Å²) < 4.78 is 5.52. The molecule has 1 aromatic carbocycles. The summed E-state index contributed by atoms with van der Waals surface area (Å²) in [5.74, 6) is 0.972. The molecule has 0 unspecified atom stereocenters. The molecule has 0 spiro atoms. The standard InChI is InChI=1S/C10H12O2/c1-7-4-9-5-8(6-11)2-3-10(9)12-7/h2-3,5,7,11H,4,6H2,1H3/t7-/m0/s1. The second-order valence-electron chi connectivity index (χ2n) is 3.23. The summed E-state index contributed by atoms with van der Waals surface area (Å²) in [6.07, 6.45) is 1.25. The first-order valence-electron chi connectivity index (χ1n) is 4.19. The Bertz CT molecular complexity index is 294. The smallest absolute Gasteiger partial charge is 0.123 e. The average Bonchev–Trinajstić information content (AvgIpc) is 2.43. The van der Waals surface area contributed by atoms with Gasteiger partial charge < -0.3 is 9.84 Å². The topological polar surface area (TPSA) is 29.5 Å². The minimum absolute atomic E-state index is 0.113. The highest BCUT2D eigenvalue weighted by Gasteiger charge is 2.18. The van der Waals surface area contributed by atoms with E-state index in [1.807, 2.05) is 18.2 Å². The Labute approximate surface area is 71.8 Å². The minimum Gasteiger partial charge on any atom is -0.490 e. The van der Waals surface area contributed by atoms with Crippen molar-refractivity contribution in [3.05, 3.63) is 29.3 Å². The number of aliphatic hydroxyl groups excluding tert-OH is 1. The molecule has 1 atom stereocenters. The highest BCUT2D eigenvalue weighted by Crippen LogP contribution is 2.29. The van der Waals surface area contributed by atoms with E-state index in [0.717, 1.165) is 17.7 Å². The van der Waals surface area contributed by atoms with Crippen molar-refractivity contribution < 1.29 is 9.84 Å². The van der Waals surface area contributed by atoms with Crippen LogP contribution in [-0.2, 0) is 13.0 Å². The predicted molar refractivity (Wildman–Crippen MR) is 46.2 cm³/mol. The van der Waals surface area contributed by atoms with Gasteiger partial charge in [-0.1, -0.05) is 6.07 Å². The molecule has 0 aromatic heterocycles. The molecule has 1 heterocycles. The van der Waals surface area contributed by atoms with Crippen LogP contribution in [0.25, 0.3) is 0 Å². The van der Waals surface area contributed by atoms with E-state index in [1.165, 1.54) is 5.56 Å². The lowest BCUT2D eigenvalue weighted by atomic mass is 10.1. The van der Waals surface area contributed by atoms with Crippen molar-refractivity contribution in [3.63, 3.8) is 0 Å². The van der Waals surface area contributed by atoms with Crippen molar-refractivity contribution >= 4 is 0 Å². The van der Waals surface area contributed by atoms with Crippen molar-refractivity contribution in [1.82, 2.24) is 0 Å². The molecule has 0 radical (unpaired) electrons. The molecule has 64 valence electrons. The van der Waals surface area contributed by atoms with Crippen LogP contribution < -0.4 is 4.74 Å². The van der Waals surface area contributed by atoms with Crippen LogP contribution in [0.3, 0.4) is 0 Å². The number of fused-ring (bicyclic) bond motifs is 1. The molecule has 0 amide bonds. The summed E-state index contributed by atoms with van der Waals surface area (Å²) in [6.45, 7) is 2.17. The molecular formula is C10H12O2. The molecule has 2 heteroatoms. The Morgan fingerprint density at radius 2 is 2.42 bits per heavy atom. The van der Waals surface area contributed by atoms with E-state index >= 15 is 0 Å². The average molecular weight is 164 g/mol. The second kappa shape index (κ2) is 2.79. The molecule has 1 N–H and O–H groups in total. The Morgan fingerprint density at radius 3 is 3.17 bits per heavy atom. The van der Waals surface area contributed by atoms with Gasteiger partial charge in [-0.2, -0.15) is 0 Å². The molecule has 2 nitrogen and oxygen atoms in total. The van der Waals surface area contributed by atoms with Crippen molar-refractivity contribution in [2.24, 2.45) is 0 Å². The molecule has 2 rings (SSSR count). The molecule has 0 bridgehead atoms. The number of rotatable bonds is 1. The summed E-state index contributed by atoms with van der Waals surface area (Å²) in [7, 11) is 0. The fourth-order valence-corrected chi connectivity index (χ4v) is 1.57. The van der Waals surface area contributed by atoms with E-state index in [2.05, 4.69) is 6.92 Å². The maximum atomic E-state index is 8.89. The largest absolute Gasteiger partial charge is 0.490 e. The second-order valence-corrected chi connectivity index (χ2v) is 3.23. The van der Waals surface area contributed by atoms with Crippen molar-refractivity contribution in [1.29, 1.82) is 0 Å². The zero-order chi connectivity index (χ0) is 8.55. The normalized spacial score (nSPS) is 20.3. The number of ether oxygens (including phenoxy) is 1. The number of hydrogen-bond donors (Lipinski definition) is 1. The Hall–Kier alpha value is -1.02. The predicted octanol–water partition coefficient (Wildman–Crippen LogP) is 1.50. The summed E-state index contributed by atoms with van der Waals surface area (Å²) in [4.78, 5) is 0. The van der Waals surface area contributed by atoms with Crippen LogP contribution in [0.15, 0.2) is 18.2 Å². The first kappa shape index (κ1) is 7.62. The van der Waals surface area contributed by atoms with Crippen LogP contribution in [0.4, 0.5) is 0 Å². The molecule has 1 aliphatic heterocycles. The lowest BCUT2D eigenvalue weighted by Crippen LogP contribution is -2.05. The van der Waals surface area contributed by atoms with Gasteiger partial charge in [-0.3, -0.25) is 0 Å². The van der Waals surface area contributed by atoms with Crippen molar-refractivity contribution in [2.75, 3.05) is 0 Å². The van der Waals surface area contributed by atoms with Gasteiger partial charge in [0.15, 0.2) is 0 Å². The minimum atomic E-state index is 0.113. The third-order valence-electron chi connectivity index (χ3n) is 2.14. The summed E-state index contributed by atoms with van der Waals surface area (Å²) in [5, 5.41) is 8.89. The highest BCUT2D eigenvalue weighted by molar-refractivity contribution is 5.40. The third-order valence-corrected chi connectivity index (χ3v) is 2.14. The van der Waals surface area contributed by atoms with E-state index in [9.17, 15) is 0 Å². The van der Waals surface area contributed by atoms with Crippen LogP contribution in [0.1, 0.15) is 18.1 Å². The van der Waals surface area contributed by atoms with E-state index in [4.69, 9.17) is 9.84 Å². The summed E-state index contributed by atoms with van der Waals surface area (Å²) in [5.41, 5.74) is 2.18. The van der Waals surface area contributed by atoms with Crippen LogP contribution in [0, 0.1) is 0 Å². The Balaban J connectivity index is 2.35. The SMILES string of the molecule is C[C@H]1Cc2cc(CO)ccc2O1. The Kier molecular flexibility index (Phi) is 1.77. The lowest BCUT2D eigenvalue weighted by Gasteiger charge is -2.02. The van der Waals surface area contributed by atoms with Gasteiger partial charge in [0, 0.05) is 6.42 Å².